The molecule has 0 atom stereocenters. The fraction of sp³-hybridized carbons (Fsp3) is 0.273. The van der Waals surface area contributed by atoms with Crippen LogP contribution in [0.4, 0.5) is 0 Å². The number of hydrogen-bond acceptors (Lipinski definition) is 1. The SMILES string of the molecule is C=C(C=CC=CC=CC)COC. The van der Waals surface area contributed by atoms with Crippen LogP contribution in [0.15, 0.2) is 48.6 Å². The second kappa shape index (κ2) is 8.02. The molecular formula is C11H16O. The van der Waals surface area contributed by atoms with Gasteiger partial charge in [-0.2, -0.15) is 0 Å². The lowest BCUT2D eigenvalue weighted by atomic mass is 10.3. The zero-order valence-corrected chi connectivity index (χ0v) is 7.79. The van der Waals surface area contributed by atoms with Crippen molar-refractivity contribution in [1.82, 2.24) is 0 Å². The van der Waals surface area contributed by atoms with Crippen molar-refractivity contribution in [3.05, 3.63) is 48.6 Å². The first kappa shape index (κ1) is 10.9. The van der Waals surface area contributed by atoms with Crippen LogP contribution >= 0.6 is 0 Å². The summed E-state index contributed by atoms with van der Waals surface area (Å²) in [5, 5.41) is 0. The Bertz CT molecular complexity index is 197. The molecule has 0 bridgehead atoms. The van der Waals surface area contributed by atoms with Gasteiger partial charge in [0, 0.05) is 7.11 Å². The highest BCUT2D eigenvalue weighted by atomic mass is 16.5. The molecule has 0 aliphatic carbocycles. The normalized spacial score (nSPS) is 12.2. The molecule has 0 rings (SSSR count). The molecule has 0 fully saturated rings. The third-order valence-electron chi connectivity index (χ3n) is 1.19. The highest BCUT2D eigenvalue weighted by molar-refractivity contribution is 5.21. The molecule has 0 N–H and O–H groups in total. The summed E-state index contributed by atoms with van der Waals surface area (Å²) in [6.45, 7) is 6.37. The summed E-state index contributed by atoms with van der Waals surface area (Å²) in [5.74, 6) is 0. The Labute approximate surface area is 74.7 Å². The lowest BCUT2D eigenvalue weighted by Crippen LogP contribution is -1.87. The molecule has 0 amide bonds. The number of hydrogen-bond donors (Lipinski definition) is 0. The van der Waals surface area contributed by atoms with Gasteiger partial charge >= 0.3 is 0 Å². The summed E-state index contributed by atoms with van der Waals surface area (Å²) >= 11 is 0. The first-order valence-electron chi connectivity index (χ1n) is 3.94. The van der Waals surface area contributed by atoms with Gasteiger partial charge in [0.2, 0.25) is 0 Å². The monoisotopic (exact) mass is 164 g/mol. The molecule has 0 aromatic rings. The van der Waals surface area contributed by atoms with E-state index in [0.29, 0.717) is 6.61 Å². The van der Waals surface area contributed by atoms with Crippen LogP contribution in [-0.4, -0.2) is 13.7 Å². The molecular weight excluding hydrogens is 148 g/mol. The fourth-order valence-corrected chi connectivity index (χ4v) is 0.665. The minimum Gasteiger partial charge on any atom is -0.380 e. The molecule has 66 valence electrons. The molecule has 1 nitrogen and oxygen atoms in total. The Morgan fingerprint density at radius 1 is 1.25 bits per heavy atom. The highest BCUT2D eigenvalue weighted by Gasteiger charge is 1.82. The van der Waals surface area contributed by atoms with Crippen molar-refractivity contribution >= 4 is 0 Å². The van der Waals surface area contributed by atoms with E-state index in [-0.39, 0.29) is 0 Å². The van der Waals surface area contributed by atoms with Crippen LogP contribution in [0.3, 0.4) is 0 Å². The lowest BCUT2D eigenvalue weighted by molar-refractivity contribution is 0.228. The standard InChI is InChI=1S/C11H16O/c1-4-5-6-7-8-9-11(2)10-12-3/h4-9H,2,10H2,1,3H3. The van der Waals surface area contributed by atoms with Crippen LogP contribution in [0, 0.1) is 0 Å². The molecule has 1 heteroatoms. The first-order chi connectivity index (χ1) is 5.81. The molecule has 0 heterocycles. The van der Waals surface area contributed by atoms with E-state index in [0.717, 1.165) is 5.57 Å². The highest BCUT2D eigenvalue weighted by Crippen LogP contribution is 1.93. The van der Waals surface area contributed by atoms with Crippen molar-refractivity contribution in [2.75, 3.05) is 13.7 Å². The predicted molar refractivity (Wildman–Crippen MR) is 54.1 cm³/mol. The van der Waals surface area contributed by atoms with Crippen molar-refractivity contribution in [2.45, 2.75) is 6.92 Å². The summed E-state index contributed by atoms with van der Waals surface area (Å²) in [6, 6.07) is 0. The molecule has 0 aromatic heterocycles. The van der Waals surface area contributed by atoms with Crippen molar-refractivity contribution in [3.63, 3.8) is 0 Å². The molecule has 0 saturated heterocycles. The Kier molecular flexibility index (Phi) is 7.30. The average Bonchev–Trinajstić information content (AvgIpc) is 2.05. The third kappa shape index (κ3) is 7.03. The van der Waals surface area contributed by atoms with Crippen LogP contribution in [0.2, 0.25) is 0 Å². The quantitative estimate of drug-likeness (QED) is 0.568. The van der Waals surface area contributed by atoms with Gasteiger partial charge in [-0.1, -0.05) is 43.0 Å². The van der Waals surface area contributed by atoms with Gasteiger partial charge in [0.25, 0.3) is 0 Å². The van der Waals surface area contributed by atoms with Crippen LogP contribution in [0.1, 0.15) is 6.92 Å². The largest absolute Gasteiger partial charge is 0.380 e. The van der Waals surface area contributed by atoms with Crippen molar-refractivity contribution in [2.24, 2.45) is 0 Å². The van der Waals surface area contributed by atoms with Crippen molar-refractivity contribution in [1.29, 1.82) is 0 Å². The van der Waals surface area contributed by atoms with E-state index < -0.39 is 0 Å². The van der Waals surface area contributed by atoms with Gasteiger partial charge in [0.1, 0.15) is 0 Å². The van der Waals surface area contributed by atoms with Crippen molar-refractivity contribution < 1.29 is 4.74 Å². The van der Waals surface area contributed by atoms with E-state index >= 15 is 0 Å². The number of methoxy groups -OCH3 is 1. The summed E-state index contributed by atoms with van der Waals surface area (Å²) in [7, 11) is 1.66. The Hall–Kier alpha value is -1.08. The zero-order chi connectivity index (χ0) is 9.23. The maximum absolute atomic E-state index is 4.89. The number of ether oxygens (including phenoxy) is 1. The maximum atomic E-state index is 4.89. The smallest absolute Gasteiger partial charge is 0.0707 e. The first-order valence-corrected chi connectivity index (χ1v) is 3.94. The Balaban J connectivity index is 3.67. The van der Waals surface area contributed by atoms with Crippen LogP contribution < -0.4 is 0 Å². The minimum atomic E-state index is 0.591. The molecule has 0 radical (unpaired) electrons. The van der Waals surface area contributed by atoms with Gasteiger partial charge in [-0.15, -0.1) is 0 Å². The van der Waals surface area contributed by atoms with Gasteiger partial charge in [0.05, 0.1) is 6.61 Å². The average molecular weight is 164 g/mol. The summed E-state index contributed by atoms with van der Waals surface area (Å²) in [4.78, 5) is 0. The molecule has 0 aliphatic heterocycles. The Morgan fingerprint density at radius 2 is 1.92 bits per heavy atom. The van der Waals surface area contributed by atoms with Crippen molar-refractivity contribution in [3.8, 4) is 0 Å². The van der Waals surface area contributed by atoms with E-state index in [4.69, 9.17) is 4.74 Å². The second-order valence-electron chi connectivity index (χ2n) is 2.36. The van der Waals surface area contributed by atoms with Gasteiger partial charge in [-0.05, 0) is 12.5 Å². The summed E-state index contributed by atoms with van der Waals surface area (Å²) < 4.78 is 4.89. The van der Waals surface area contributed by atoms with Gasteiger partial charge in [-0.25, -0.2) is 0 Å². The molecule has 0 aliphatic rings. The van der Waals surface area contributed by atoms with Gasteiger partial charge in [0.15, 0.2) is 0 Å². The van der Waals surface area contributed by atoms with Crippen LogP contribution in [-0.2, 0) is 4.74 Å². The van der Waals surface area contributed by atoms with Gasteiger partial charge in [-0.3, -0.25) is 0 Å². The van der Waals surface area contributed by atoms with Gasteiger partial charge < -0.3 is 4.74 Å². The molecule has 0 spiro atoms. The van der Waals surface area contributed by atoms with E-state index in [1.54, 1.807) is 7.11 Å². The van der Waals surface area contributed by atoms with E-state index in [2.05, 4.69) is 6.58 Å². The molecule has 0 unspecified atom stereocenters. The summed E-state index contributed by atoms with van der Waals surface area (Å²) in [6.07, 6.45) is 11.8. The minimum absolute atomic E-state index is 0.591. The molecule has 0 saturated carbocycles. The van der Waals surface area contributed by atoms with Crippen LogP contribution in [0.25, 0.3) is 0 Å². The van der Waals surface area contributed by atoms with E-state index in [9.17, 15) is 0 Å². The zero-order valence-electron chi connectivity index (χ0n) is 7.79. The van der Waals surface area contributed by atoms with E-state index in [1.807, 2.05) is 43.4 Å². The van der Waals surface area contributed by atoms with E-state index in [1.165, 1.54) is 0 Å². The third-order valence-corrected chi connectivity index (χ3v) is 1.19. The second-order valence-corrected chi connectivity index (χ2v) is 2.36. The molecule has 0 aromatic carbocycles. The topological polar surface area (TPSA) is 9.23 Å². The maximum Gasteiger partial charge on any atom is 0.0707 e. The van der Waals surface area contributed by atoms with Crippen LogP contribution in [0.5, 0.6) is 0 Å². The summed E-state index contributed by atoms with van der Waals surface area (Å²) in [5.41, 5.74) is 0.975. The number of allylic oxidation sites excluding steroid dienone is 5. The Morgan fingerprint density at radius 3 is 2.50 bits per heavy atom. The number of rotatable bonds is 5. The predicted octanol–water partition coefficient (Wildman–Crippen LogP) is 2.88. The molecule has 12 heavy (non-hydrogen) atoms. The fourth-order valence-electron chi connectivity index (χ4n) is 0.665. The lowest BCUT2D eigenvalue weighted by Gasteiger charge is -1.94.